The summed E-state index contributed by atoms with van der Waals surface area (Å²) in [7, 11) is -4.64. The van der Waals surface area contributed by atoms with Gasteiger partial charge < -0.3 is 24.9 Å². The van der Waals surface area contributed by atoms with E-state index in [1.807, 2.05) is 0 Å². The Balaban J connectivity index is 0. The van der Waals surface area contributed by atoms with Crippen molar-refractivity contribution < 1.29 is 34.3 Å². The molecular formula is C4H11O7P. The smallest absolute Gasteiger partial charge is 0.393 e. The molecule has 0 rings (SSSR count). The minimum absolute atomic E-state index is 0.400. The fourth-order valence-corrected chi connectivity index (χ4v) is 0.129. The van der Waals surface area contributed by atoms with E-state index in [1.165, 1.54) is 6.92 Å². The van der Waals surface area contributed by atoms with Crippen LogP contribution in [0.1, 0.15) is 6.92 Å². The second-order valence-corrected chi connectivity index (χ2v) is 2.85. The summed E-state index contributed by atoms with van der Waals surface area (Å²) in [5.41, 5.74) is 0. The van der Waals surface area contributed by atoms with Crippen molar-refractivity contribution in [3.05, 3.63) is 0 Å². The zero-order valence-electron chi connectivity index (χ0n) is 6.28. The summed E-state index contributed by atoms with van der Waals surface area (Å²) in [4.78, 5) is 31.5. The molecule has 0 amide bonds. The van der Waals surface area contributed by atoms with E-state index in [0.29, 0.717) is 0 Å². The molecule has 0 aliphatic carbocycles. The van der Waals surface area contributed by atoms with Gasteiger partial charge in [0.2, 0.25) is 0 Å². The standard InChI is InChI=1S/C4H8O3.H3O4P/c1-3(6)4(7)2-5;1-5(2,3)4/h4-5,7H,2H2,1H3;(H3,1,2,3,4). The lowest BCUT2D eigenvalue weighted by Gasteiger charge is -1.97. The number of aliphatic hydroxyl groups is 2. The first-order valence-electron chi connectivity index (χ1n) is 2.76. The first-order valence-corrected chi connectivity index (χ1v) is 4.32. The Morgan fingerprint density at radius 1 is 1.42 bits per heavy atom. The van der Waals surface area contributed by atoms with Gasteiger partial charge in [-0.1, -0.05) is 0 Å². The van der Waals surface area contributed by atoms with E-state index in [9.17, 15) is 4.79 Å². The summed E-state index contributed by atoms with van der Waals surface area (Å²) in [6.07, 6.45) is -1.18. The maximum Gasteiger partial charge on any atom is 0.466 e. The van der Waals surface area contributed by atoms with E-state index in [1.54, 1.807) is 0 Å². The van der Waals surface area contributed by atoms with Crippen LogP contribution in [0.5, 0.6) is 0 Å². The topological polar surface area (TPSA) is 135 Å². The predicted molar refractivity (Wildman–Crippen MR) is 38.0 cm³/mol. The SMILES string of the molecule is CC(=O)C(O)CO.O=P(O)(O)O. The number of carbonyl (C=O) groups excluding carboxylic acids is 1. The number of hydrogen-bond acceptors (Lipinski definition) is 4. The van der Waals surface area contributed by atoms with Crippen LogP contribution in [0.15, 0.2) is 0 Å². The number of Topliss-reactive ketones (excluding diaryl/α,β-unsaturated/α-hetero) is 1. The van der Waals surface area contributed by atoms with Gasteiger partial charge in [-0.15, -0.1) is 0 Å². The zero-order valence-corrected chi connectivity index (χ0v) is 7.18. The normalized spacial score (nSPS) is 12.8. The monoisotopic (exact) mass is 202 g/mol. The average Bonchev–Trinajstić information content (AvgIpc) is 1.82. The molecule has 7 nitrogen and oxygen atoms in total. The van der Waals surface area contributed by atoms with Crippen LogP contribution in [-0.4, -0.2) is 43.4 Å². The summed E-state index contributed by atoms with van der Waals surface area (Å²) in [5, 5.41) is 16.4. The van der Waals surface area contributed by atoms with Crippen LogP contribution < -0.4 is 0 Å². The number of rotatable bonds is 2. The molecule has 5 N–H and O–H groups in total. The Morgan fingerprint density at radius 2 is 1.67 bits per heavy atom. The Bertz CT molecular complexity index is 164. The van der Waals surface area contributed by atoms with E-state index in [2.05, 4.69) is 0 Å². The molecule has 0 aliphatic rings. The lowest BCUT2D eigenvalue weighted by atomic mass is 10.3. The molecular weight excluding hydrogens is 191 g/mol. The quantitative estimate of drug-likeness (QED) is 0.327. The Labute approximate surface area is 68.5 Å². The van der Waals surface area contributed by atoms with Crippen LogP contribution in [0, 0.1) is 0 Å². The van der Waals surface area contributed by atoms with Crippen LogP contribution in [0.4, 0.5) is 0 Å². The molecule has 74 valence electrons. The summed E-state index contributed by atoms with van der Waals surface area (Å²) < 4.78 is 8.88. The molecule has 12 heavy (non-hydrogen) atoms. The Kier molecular flexibility index (Phi) is 7.41. The molecule has 1 unspecified atom stereocenters. The van der Waals surface area contributed by atoms with Crippen LogP contribution >= 0.6 is 7.82 Å². The molecule has 0 radical (unpaired) electrons. The number of carbonyl (C=O) groups is 1. The van der Waals surface area contributed by atoms with Gasteiger partial charge in [-0.05, 0) is 6.92 Å². The third-order valence-electron chi connectivity index (χ3n) is 0.642. The second-order valence-electron chi connectivity index (χ2n) is 1.82. The molecule has 0 aromatic rings. The van der Waals surface area contributed by atoms with Crippen molar-refractivity contribution in [3.63, 3.8) is 0 Å². The molecule has 8 heteroatoms. The predicted octanol–water partition coefficient (Wildman–Crippen LogP) is -2.00. The van der Waals surface area contributed by atoms with E-state index in [0.717, 1.165) is 0 Å². The second kappa shape index (κ2) is 6.24. The maximum atomic E-state index is 9.96. The fourth-order valence-electron chi connectivity index (χ4n) is 0.129. The van der Waals surface area contributed by atoms with Gasteiger partial charge in [0.05, 0.1) is 6.61 Å². The van der Waals surface area contributed by atoms with E-state index in [4.69, 9.17) is 29.5 Å². The van der Waals surface area contributed by atoms with E-state index < -0.39 is 26.3 Å². The van der Waals surface area contributed by atoms with Crippen molar-refractivity contribution in [2.45, 2.75) is 13.0 Å². The molecule has 0 saturated heterocycles. The molecule has 1 atom stereocenters. The van der Waals surface area contributed by atoms with E-state index >= 15 is 0 Å². The average molecular weight is 202 g/mol. The van der Waals surface area contributed by atoms with Gasteiger partial charge in [0.1, 0.15) is 6.10 Å². The van der Waals surface area contributed by atoms with Crippen molar-refractivity contribution in [1.29, 1.82) is 0 Å². The van der Waals surface area contributed by atoms with Crippen molar-refractivity contribution in [1.82, 2.24) is 0 Å². The molecule has 0 heterocycles. The molecule has 0 saturated carbocycles. The number of hydrogen-bond donors (Lipinski definition) is 5. The number of aliphatic hydroxyl groups excluding tert-OH is 2. The van der Waals surface area contributed by atoms with Crippen molar-refractivity contribution in [2.75, 3.05) is 6.61 Å². The third kappa shape index (κ3) is 22.6. The molecule has 0 aromatic heterocycles. The highest BCUT2D eigenvalue weighted by Crippen LogP contribution is 2.25. The van der Waals surface area contributed by atoms with Crippen LogP contribution in [0.25, 0.3) is 0 Å². The molecule has 0 spiro atoms. The van der Waals surface area contributed by atoms with Gasteiger partial charge in [0, 0.05) is 0 Å². The van der Waals surface area contributed by atoms with Gasteiger partial charge in [-0.2, -0.15) is 0 Å². The lowest BCUT2D eigenvalue weighted by molar-refractivity contribution is -0.126. The summed E-state index contributed by atoms with van der Waals surface area (Å²) >= 11 is 0. The highest BCUT2D eigenvalue weighted by Gasteiger charge is 2.04. The minimum Gasteiger partial charge on any atom is -0.393 e. The Morgan fingerprint density at radius 3 is 1.67 bits per heavy atom. The largest absolute Gasteiger partial charge is 0.466 e. The molecule has 0 aliphatic heterocycles. The lowest BCUT2D eigenvalue weighted by Crippen LogP contribution is -2.20. The van der Waals surface area contributed by atoms with Crippen LogP contribution in [0.2, 0.25) is 0 Å². The Hall–Kier alpha value is -0.300. The number of phosphoric acid groups is 1. The third-order valence-corrected chi connectivity index (χ3v) is 0.642. The summed E-state index contributed by atoms with van der Waals surface area (Å²) in [6, 6.07) is 0. The van der Waals surface area contributed by atoms with Gasteiger partial charge in [-0.25, -0.2) is 4.57 Å². The van der Waals surface area contributed by atoms with Gasteiger partial charge >= 0.3 is 7.82 Å². The van der Waals surface area contributed by atoms with Crippen molar-refractivity contribution in [2.24, 2.45) is 0 Å². The molecule has 0 aromatic carbocycles. The first kappa shape index (κ1) is 14.2. The van der Waals surface area contributed by atoms with Gasteiger partial charge in [0.15, 0.2) is 5.78 Å². The first-order chi connectivity index (χ1) is 5.18. The molecule has 0 bridgehead atoms. The minimum atomic E-state index is -4.64. The van der Waals surface area contributed by atoms with Crippen molar-refractivity contribution in [3.8, 4) is 0 Å². The van der Waals surface area contributed by atoms with Gasteiger partial charge in [0.25, 0.3) is 0 Å². The number of ketones is 1. The maximum absolute atomic E-state index is 9.96. The van der Waals surface area contributed by atoms with E-state index in [-0.39, 0.29) is 0 Å². The van der Waals surface area contributed by atoms with Crippen molar-refractivity contribution >= 4 is 13.6 Å². The van der Waals surface area contributed by atoms with Gasteiger partial charge in [-0.3, -0.25) is 4.79 Å². The van der Waals surface area contributed by atoms with Crippen LogP contribution in [0.3, 0.4) is 0 Å². The summed E-state index contributed by atoms with van der Waals surface area (Å²) in [6.45, 7) is 0.746. The zero-order chi connectivity index (χ0) is 10.4. The molecule has 0 fully saturated rings. The highest BCUT2D eigenvalue weighted by molar-refractivity contribution is 7.45. The van der Waals surface area contributed by atoms with Crippen LogP contribution in [-0.2, 0) is 9.36 Å². The summed E-state index contributed by atoms with van der Waals surface area (Å²) in [5.74, 6) is -0.400. The fraction of sp³-hybridized carbons (Fsp3) is 0.750. The highest BCUT2D eigenvalue weighted by atomic mass is 31.2.